The van der Waals surface area contributed by atoms with Crippen LogP contribution in [0, 0.1) is 12.7 Å². The van der Waals surface area contributed by atoms with Crippen molar-refractivity contribution in [3.05, 3.63) is 80.5 Å². The van der Waals surface area contributed by atoms with Gasteiger partial charge in [-0.2, -0.15) is 10.2 Å². The van der Waals surface area contributed by atoms with E-state index in [-0.39, 0.29) is 34.0 Å². The van der Waals surface area contributed by atoms with E-state index in [0.29, 0.717) is 23.7 Å². The van der Waals surface area contributed by atoms with Crippen LogP contribution in [-0.4, -0.2) is 60.2 Å². The van der Waals surface area contributed by atoms with Gasteiger partial charge in [-0.15, -0.1) is 4.80 Å². The molecular formula is C25H25FN6O5S. The first-order chi connectivity index (χ1) is 18.2. The van der Waals surface area contributed by atoms with Gasteiger partial charge in [0.25, 0.3) is 5.56 Å². The maximum absolute atomic E-state index is 14.0. The van der Waals surface area contributed by atoms with Gasteiger partial charge in [-0.1, -0.05) is 23.5 Å². The lowest BCUT2D eigenvalue weighted by atomic mass is 10.1. The van der Waals surface area contributed by atoms with E-state index in [0.717, 1.165) is 22.0 Å². The summed E-state index contributed by atoms with van der Waals surface area (Å²) >= 11 is 1.11. The van der Waals surface area contributed by atoms with Gasteiger partial charge in [0.2, 0.25) is 5.91 Å². The van der Waals surface area contributed by atoms with Crippen LogP contribution in [0.15, 0.2) is 52.3 Å². The van der Waals surface area contributed by atoms with Crippen LogP contribution in [-0.2, 0) is 11.3 Å². The smallest absolute Gasteiger partial charge is 0.332 e. The van der Waals surface area contributed by atoms with E-state index in [1.165, 1.54) is 52.8 Å². The number of ether oxygens (including phenoxy) is 1. The number of fused-ring (bicyclic) bond motifs is 1. The Labute approximate surface area is 219 Å². The maximum atomic E-state index is 14.0. The molecule has 0 aliphatic carbocycles. The van der Waals surface area contributed by atoms with E-state index >= 15 is 0 Å². The van der Waals surface area contributed by atoms with Crippen molar-refractivity contribution < 1.29 is 19.0 Å². The molecule has 13 heteroatoms. The van der Waals surface area contributed by atoms with Crippen molar-refractivity contribution in [1.82, 2.24) is 29.0 Å². The van der Waals surface area contributed by atoms with Crippen LogP contribution < -0.4 is 16.0 Å². The van der Waals surface area contributed by atoms with E-state index < -0.39 is 29.2 Å². The van der Waals surface area contributed by atoms with Gasteiger partial charge in [0, 0.05) is 24.2 Å². The molecule has 38 heavy (non-hydrogen) atoms. The van der Waals surface area contributed by atoms with Gasteiger partial charge in [-0.05, 0) is 32.0 Å². The number of aryl methyl sites for hydroxylation is 1. The Morgan fingerprint density at radius 3 is 2.55 bits per heavy atom. The number of methoxy groups -OCH3 is 1. The summed E-state index contributed by atoms with van der Waals surface area (Å²) in [5, 5.41) is 20.1. The molecule has 0 saturated carbocycles. The Hall–Kier alpha value is -4.10. The molecular weight excluding hydrogens is 515 g/mol. The highest BCUT2D eigenvalue weighted by Gasteiger charge is 2.30. The Morgan fingerprint density at radius 2 is 1.89 bits per heavy atom. The standard InChI is InChI=1S/C25H25FN6O5S/c1-14-20-22(35)31(15(2)21(34)29-10-4-5-11-29)25(36)30(24(20)38-23(14)32-27-8-9-28-32)13-18(33)17-12-16(26)6-7-19(17)37-3/h4-9,12,15,18,33H,10-11,13H2,1-3H3/t15-,18-/m0/s1. The first kappa shape index (κ1) is 25.5. The van der Waals surface area contributed by atoms with Gasteiger partial charge in [0.05, 0.1) is 31.4 Å². The summed E-state index contributed by atoms with van der Waals surface area (Å²) in [5.74, 6) is -0.723. The number of aliphatic hydroxyl groups excluding tert-OH is 1. The van der Waals surface area contributed by atoms with Crippen LogP contribution in [0.25, 0.3) is 15.2 Å². The largest absolute Gasteiger partial charge is 0.496 e. The number of benzene rings is 1. The summed E-state index contributed by atoms with van der Waals surface area (Å²) < 4.78 is 21.5. The second kappa shape index (κ2) is 9.99. The molecule has 5 rings (SSSR count). The molecule has 4 heterocycles. The van der Waals surface area contributed by atoms with Crippen molar-refractivity contribution >= 4 is 27.5 Å². The number of carbonyl (C=O) groups is 1. The maximum Gasteiger partial charge on any atom is 0.332 e. The lowest BCUT2D eigenvalue weighted by Gasteiger charge is -2.23. The monoisotopic (exact) mass is 540 g/mol. The van der Waals surface area contributed by atoms with Crippen molar-refractivity contribution in [1.29, 1.82) is 0 Å². The zero-order valence-corrected chi connectivity index (χ0v) is 21.7. The molecule has 1 aromatic carbocycles. The molecule has 1 aliphatic heterocycles. The Kier molecular flexibility index (Phi) is 6.71. The van der Waals surface area contributed by atoms with E-state index in [2.05, 4.69) is 10.2 Å². The summed E-state index contributed by atoms with van der Waals surface area (Å²) in [4.78, 5) is 44.0. The molecule has 0 fully saturated rings. The molecule has 1 amide bonds. The first-order valence-electron chi connectivity index (χ1n) is 11.8. The highest BCUT2D eigenvalue weighted by atomic mass is 32.1. The molecule has 0 saturated heterocycles. The number of amides is 1. The number of carbonyl (C=O) groups excluding carboxylic acids is 1. The molecule has 2 atom stereocenters. The minimum absolute atomic E-state index is 0.139. The number of thiophene rings is 1. The number of aromatic nitrogens is 5. The fraction of sp³-hybridized carbons (Fsp3) is 0.320. The van der Waals surface area contributed by atoms with Crippen molar-refractivity contribution in [2.24, 2.45) is 0 Å². The average Bonchev–Trinajstić information content (AvgIpc) is 3.67. The summed E-state index contributed by atoms with van der Waals surface area (Å²) in [7, 11) is 1.39. The number of halogens is 1. The minimum atomic E-state index is -1.37. The third-order valence-electron chi connectivity index (χ3n) is 6.60. The van der Waals surface area contributed by atoms with Gasteiger partial charge < -0.3 is 14.7 Å². The fourth-order valence-corrected chi connectivity index (χ4v) is 5.86. The highest BCUT2D eigenvalue weighted by molar-refractivity contribution is 7.21. The predicted octanol–water partition coefficient (Wildman–Crippen LogP) is 1.95. The van der Waals surface area contributed by atoms with E-state index in [9.17, 15) is 23.9 Å². The number of hydrogen-bond donors (Lipinski definition) is 1. The van der Waals surface area contributed by atoms with Crippen LogP contribution in [0.4, 0.5) is 4.39 Å². The van der Waals surface area contributed by atoms with Crippen molar-refractivity contribution in [3.63, 3.8) is 0 Å². The minimum Gasteiger partial charge on any atom is -0.496 e. The van der Waals surface area contributed by atoms with Crippen molar-refractivity contribution in [2.45, 2.75) is 32.5 Å². The molecule has 198 valence electrons. The third-order valence-corrected chi connectivity index (χ3v) is 7.88. The second-order valence-electron chi connectivity index (χ2n) is 8.89. The molecule has 1 aliphatic rings. The lowest BCUT2D eigenvalue weighted by Crippen LogP contribution is -2.47. The van der Waals surface area contributed by atoms with E-state index in [1.54, 1.807) is 6.92 Å². The molecule has 4 aromatic rings. The van der Waals surface area contributed by atoms with E-state index in [1.807, 2.05) is 12.2 Å². The molecule has 0 radical (unpaired) electrons. The Bertz CT molecular complexity index is 1660. The third kappa shape index (κ3) is 4.23. The van der Waals surface area contributed by atoms with Crippen molar-refractivity contribution in [3.8, 4) is 10.8 Å². The molecule has 11 nitrogen and oxygen atoms in total. The predicted molar refractivity (Wildman–Crippen MR) is 138 cm³/mol. The number of rotatable bonds is 7. The SMILES string of the molecule is COc1ccc(F)cc1[C@@H](O)Cn1c(=O)n([C@@H](C)C(=O)N2CC=CC2)c(=O)c2c(C)c(-n3nccn3)sc21. The molecule has 3 aromatic heterocycles. The summed E-state index contributed by atoms with van der Waals surface area (Å²) in [6.45, 7) is 3.66. The van der Waals surface area contributed by atoms with E-state index in [4.69, 9.17) is 4.74 Å². The zero-order valence-electron chi connectivity index (χ0n) is 20.9. The summed E-state index contributed by atoms with van der Waals surface area (Å²) in [6, 6.07) is 2.62. The normalized spacial score (nSPS) is 14.8. The van der Waals surface area contributed by atoms with Gasteiger partial charge >= 0.3 is 5.69 Å². The summed E-state index contributed by atoms with van der Waals surface area (Å²) in [6.07, 6.45) is 5.28. The average molecular weight is 541 g/mol. The van der Waals surface area contributed by atoms with Gasteiger partial charge in [-0.25, -0.2) is 13.8 Å². The quantitative estimate of drug-likeness (QED) is 0.355. The topological polar surface area (TPSA) is 124 Å². The highest BCUT2D eigenvalue weighted by Crippen LogP contribution is 2.32. The van der Waals surface area contributed by atoms with Gasteiger partial charge in [0.15, 0.2) is 0 Å². The molecule has 0 bridgehead atoms. The molecule has 0 spiro atoms. The van der Waals surface area contributed by atoms with Crippen LogP contribution >= 0.6 is 11.3 Å². The van der Waals surface area contributed by atoms with Gasteiger partial charge in [-0.3, -0.25) is 14.2 Å². The number of aliphatic hydroxyl groups is 1. The molecule has 1 N–H and O–H groups in total. The van der Waals surface area contributed by atoms with Gasteiger partial charge in [0.1, 0.15) is 33.5 Å². The Morgan fingerprint density at radius 1 is 1.21 bits per heavy atom. The fourth-order valence-electron chi connectivity index (χ4n) is 4.64. The van der Waals surface area contributed by atoms with Crippen LogP contribution in [0.3, 0.4) is 0 Å². The Balaban J connectivity index is 1.71. The second-order valence-corrected chi connectivity index (χ2v) is 9.87. The van der Waals surface area contributed by atoms with Crippen LogP contribution in [0.1, 0.15) is 30.2 Å². The first-order valence-corrected chi connectivity index (χ1v) is 12.6. The lowest BCUT2D eigenvalue weighted by molar-refractivity contribution is -0.133. The number of hydrogen-bond acceptors (Lipinski definition) is 8. The van der Waals surface area contributed by atoms with Crippen LogP contribution in [0.2, 0.25) is 0 Å². The van der Waals surface area contributed by atoms with Crippen molar-refractivity contribution in [2.75, 3.05) is 20.2 Å². The van der Waals surface area contributed by atoms with Crippen LogP contribution in [0.5, 0.6) is 5.75 Å². The zero-order chi connectivity index (χ0) is 27.1. The summed E-state index contributed by atoms with van der Waals surface area (Å²) in [5.41, 5.74) is -0.737. The number of nitrogens with zero attached hydrogens (tertiary/aromatic N) is 6. The molecule has 0 unspecified atom stereocenters.